The fourth-order valence-electron chi connectivity index (χ4n) is 8.84. The number of carbonyl (C=O) groups is 1. The lowest BCUT2D eigenvalue weighted by Gasteiger charge is -2.45. The topological polar surface area (TPSA) is 87.5 Å². The van der Waals surface area contributed by atoms with Crippen molar-refractivity contribution in [2.75, 3.05) is 19.6 Å². The van der Waals surface area contributed by atoms with Crippen LogP contribution in [0.5, 0.6) is 0 Å². The first-order valence-electron chi connectivity index (χ1n) is 17.5. The Morgan fingerprint density at radius 3 is 2.29 bits per heavy atom. The Labute approximate surface area is 287 Å². The molecule has 0 radical (unpaired) electrons. The Kier molecular flexibility index (Phi) is 9.13. The van der Waals surface area contributed by atoms with E-state index in [1.54, 1.807) is 18.7 Å². The third-order valence-corrected chi connectivity index (χ3v) is 12.8. The van der Waals surface area contributed by atoms with E-state index in [9.17, 15) is 22.0 Å². The minimum atomic E-state index is -4.35. The number of rotatable bonds is 9. The van der Waals surface area contributed by atoms with Gasteiger partial charge in [-0.05, 0) is 108 Å². The average Bonchev–Trinajstić information content (AvgIpc) is 3.54. The van der Waals surface area contributed by atoms with E-state index in [0.717, 1.165) is 62.1 Å². The highest BCUT2D eigenvalue weighted by molar-refractivity contribution is 7.89. The third kappa shape index (κ3) is 6.41. The molecule has 3 fully saturated rings. The second kappa shape index (κ2) is 13.2. The summed E-state index contributed by atoms with van der Waals surface area (Å²) in [5.74, 6) is -2.26. The molecule has 3 aliphatic rings. The van der Waals surface area contributed by atoms with E-state index < -0.39 is 38.5 Å². The summed E-state index contributed by atoms with van der Waals surface area (Å²) in [6, 6.07) is 21.6. The van der Waals surface area contributed by atoms with Gasteiger partial charge in [-0.15, -0.1) is 0 Å². The third-order valence-electron chi connectivity index (χ3n) is 11.2. The highest BCUT2D eigenvalue weighted by atomic mass is 32.2. The number of amides is 1. The number of likely N-dealkylation sites (tertiary alicyclic amines) is 1. The molecule has 1 aromatic heterocycles. The summed E-state index contributed by atoms with van der Waals surface area (Å²) >= 11 is 0. The number of hydrogen-bond acceptors (Lipinski definition) is 5. The van der Waals surface area contributed by atoms with Crippen LogP contribution in [0.1, 0.15) is 86.6 Å². The van der Waals surface area contributed by atoms with E-state index in [-0.39, 0.29) is 11.0 Å². The van der Waals surface area contributed by atoms with Crippen LogP contribution in [0, 0.1) is 18.6 Å². The quantitative estimate of drug-likeness (QED) is 0.210. The SMILES string of the molecule is Cc1nc2ccccc2n1C1CC2CCC(C1)N2CCC1(c2ccccc2)CCN(C(=O)c2cc(F)c(F)c(S(=O)(=O)NC(C)C)c2)CC1. The smallest absolute Gasteiger partial charge is 0.254 e. The Morgan fingerprint density at radius 1 is 0.959 bits per heavy atom. The van der Waals surface area contributed by atoms with Crippen LogP contribution in [-0.4, -0.2) is 71.4 Å². The van der Waals surface area contributed by atoms with Crippen molar-refractivity contribution in [3.8, 4) is 0 Å². The van der Waals surface area contributed by atoms with Crippen LogP contribution < -0.4 is 4.72 Å². The van der Waals surface area contributed by atoms with Crippen molar-refractivity contribution in [3.05, 3.63) is 95.3 Å². The van der Waals surface area contributed by atoms with E-state index in [2.05, 4.69) is 63.6 Å². The molecule has 2 bridgehead atoms. The number of carbonyl (C=O) groups excluding carboxylic acids is 1. The summed E-state index contributed by atoms with van der Waals surface area (Å²) in [5, 5.41) is 0. The zero-order valence-corrected chi connectivity index (χ0v) is 29.2. The number of nitrogens with one attached hydrogen (secondary N) is 1. The second-order valence-corrected chi connectivity index (χ2v) is 16.2. The predicted octanol–water partition coefficient (Wildman–Crippen LogP) is 6.74. The van der Waals surface area contributed by atoms with Crippen LogP contribution >= 0.6 is 0 Å². The minimum Gasteiger partial charge on any atom is -0.339 e. The van der Waals surface area contributed by atoms with E-state index >= 15 is 0 Å². The highest BCUT2D eigenvalue weighted by Gasteiger charge is 2.44. The van der Waals surface area contributed by atoms with Gasteiger partial charge in [0.15, 0.2) is 11.6 Å². The molecule has 3 aliphatic heterocycles. The first kappa shape index (κ1) is 33.8. The zero-order chi connectivity index (χ0) is 34.5. The first-order valence-corrected chi connectivity index (χ1v) is 19.0. The molecule has 260 valence electrons. The lowest BCUT2D eigenvalue weighted by molar-refractivity contribution is 0.0606. The number of hydrogen-bond donors (Lipinski definition) is 1. The summed E-state index contributed by atoms with van der Waals surface area (Å²) in [7, 11) is -4.35. The molecule has 4 heterocycles. The lowest BCUT2D eigenvalue weighted by atomic mass is 9.70. The van der Waals surface area contributed by atoms with Gasteiger partial charge in [-0.25, -0.2) is 26.9 Å². The van der Waals surface area contributed by atoms with E-state index in [0.29, 0.717) is 31.2 Å². The minimum absolute atomic E-state index is 0.144. The van der Waals surface area contributed by atoms with E-state index in [4.69, 9.17) is 4.98 Å². The van der Waals surface area contributed by atoms with Crippen molar-refractivity contribution < 1.29 is 22.0 Å². The molecule has 2 unspecified atom stereocenters. The fourth-order valence-corrected chi connectivity index (χ4v) is 10.2. The van der Waals surface area contributed by atoms with Gasteiger partial charge < -0.3 is 9.47 Å². The van der Waals surface area contributed by atoms with Crippen LogP contribution in [0.25, 0.3) is 11.0 Å². The number of para-hydroxylation sites is 2. The Morgan fingerprint density at radius 2 is 1.61 bits per heavy atom. The van der Waals surface area contributed by atoms with Gasteiger partial charge in [-0.3, -0.25) is 9.69 Å². The van der Waals surface area contributed by atoms with Gasteiger partial charge in [0, 0.05) is 42.8 Å². The van der Waals surface area contributed by atoms with Crippen molar-refractivity contribution in [3.63, 3.8) is 0 Å². The van der Waals surface area contributed by atoms with Gasteiger partial charge in [0.1, 0.15) is 10.7 Å². The van der Waals surface area contributed by atoms with Crippen molar-refractivity contribution in [2.45, 2.75) is 100 Å². The first-order chi connectivity index (χ1) is 23.5. The Bertz CT molecular complexity index is 1940. The predicted molar refractivity (Wildman–Crippen MR) is 186 cm³/mol. The number of sulfonamides is 1. The van der Waals surface area contributed by atoms with Crippen LogP contribution in [0.2, 0.25) is 0 Å². The van der Waals surface area contributed by atoms with Crippen molar-refractivity contribution in [1.82, 2.24) is 24.1 Å². The number of halogens is 2. The number of benzene rings is 3. The van der Waals surface area contributed by atoms with Crippen LogP contribution in [-0.2, 0) is 15.4 Å². The standard InChI is InChI=1S/C38H45F2N5O3S/c1-25(2)42-49(47,48)35-22-27(21-32(39)36(35)40)37(46)43-18-15-38(16-19-43,28-9-5-4-6-10-28)17-20-44-29-13-14-30(44)24-31(23-29)45-26(3)41-33-11-7-8-12-34(33)45/h4-12,21-22,25,29-31,42H,13-20,23-24H2,1-3H3. The Balaban J connectivity index is 1.07. The summed E-state index contributed by atoms with van der Waals surface area (Å²) in [6.07, 6.45) is 7.02. The van der Waals surface area contributed by atoms with Gasteiger partial charge in [0.25, 0.3) is 5.91 Å². The molecule has 7 rings (SSSR count). The number of aryl methyl sites for hydroxylation is 1. The molecule has 0 spiro atoms. The molecule has 3 saturated heterocycles. The number of fused-ring (bicyclic) bond motifs is 3. The molecule has 8 nitrogen and oxygen atoms in total. The molecule has 4 aromatic rings. The highest BCUT2D eigenvalue weighted by Crippen LogP contribution is 2.45. The van der Waals surface area contributed by atoms with Crippen molar-refractivity contribution >= 4 is 27.0 Å². The van der Waals surface area contributed by atoms with E-state index in [1.807, 2.05) is 12.1 Å². The number of aromatic nitrogens is 2. The van der Waals surface area contributed by atoms with Crippen molar-refractivity contribution in [2.24, 2.45) is 0 Å². The normalized spacial score (nSPS) is 22.7. The molecule has 2 atom stereocenters. The molecule has 0 saturated carbocycles. The monoisotopic (exact) mass is 689 g/mol. The van der Waals surface area contributed by atoms with Crippen LogP contribution in [0.4, 0.5) is 8.78 Å². The summed E-state index contributed by atoms with van der Waals surface area (Å²) < 4.78 is 59.6. The zero-order valence-electron chi connectivity index (χ0n) is 28.4. The van der Waals surface area contributed by atoms with Gasteiger partial charge in [0.05, 0.1) is 11.0 Å². The molecular weight excluding hydrogens is 645 g/mol. The number of nitrogens with zero attached hydrogens (tertiary/aromatic N) is 4. The largest absolute Gasteiger partial charge is 0.339 e. The number of imidazole rings is 1. The fraction of sp³-hybridized carbons (Fsp3) is 0.474. The van der Waals surface area contributed by atoms with Gasteiger partial charge in [-0.2, -0.15) is 0 Å². The average molecular weight is 690 g/mol. The van der Waals surface area contributed by atoms with Gasteiger partial charge in [0.2, 0.25) is 10.0 Å². The summed E-state index contributed by atoms with van der Waals surface area (Å²) in [5.41, 5.74) is 3.22. The van der Waals surface area contributed by atoms with Crippen molar-refractivity contribution in [1.29, 1.82) is 0 Å². The number of piperidine rings is 2. The Hall–Kier alpha value is -3.67. The maximum absolute atomic E-state index is 14.7. The second-order valence-electron chi connectivity index (χ2n) is 14.5. The molecule has 3 aromatic carbocycles. The van der Waals surface area contributed by atoms with Crippen LogP contribution in [0.3, 0.4) is 0 Å². The van der Waals surface area contributed by atoms with E-state index in [1.165, 1.54) is 23.9 Å². The maximum atomic E-state index is 14.7. The molecular formula is C38H45F2N5O3S. The van der Waals surface area contributed by atoms with Gasteiger partial charge >= 0.3 is 0 Å². The molecule has 0 aliphatic carbocycles. The molecule has 49 heavy (non-hydrogen) atoms. The lowest BCUT2D eigenvalue weighted by Crippen LogP contribution is -2.49. The van der Waals surface area contributed by atoms with Crippen LogP contribution in [0.15, 0.2) is 71.6 Å². The molecule has 11 heteroatoms. The maximum Gasteiger partial charge on any atom is 0.254 e. The summed E-state index contributed by atoms with van der Waals surface area (Å²) in [4.78, 5) is 22.0. The summed E-state index contributed by atoms with van der Waals surface area (Å²) in [6.45, 7) is 7.13. The molecule has 1 N–H and O–H groups in total. The van der Waals surface area contributed by atoms with Gasteiger partial charge in [-0.1, -0.05) is 42.5 Å². The molecule has 1 amide bonds.